The molecule has 2 N–H and O–H groups in total. The molecular formula is C7H5Cl2NO4. The Bertz CT molecular complexity index is 386. The molecule has 0 saturated carbocycles. The number of hydrogen-bond acceptors (Lipinski definition) is 2. The van der Waals surface area contributed by atoms with Crippen LogP contribution in [0.15, 0.2) is 0 Å². The third kappa shape index (κ3) is 1.44. The summed E-state index contributed by atoms with van der Waals surface area (Å²) in [5.74, 6) is -2.84. The summed E-state index contributed by atoms with van der Waals surface area (Å²) in [5, 5.41) is 17.0. The van der Waals surface area contributed by atoms with Gasteiger partial charge in [0.05, 0.1) is 0 Å². The molecule has 1 heterocycles. The Morgan fingerprint density at radius 2 is 1.36 bits per heavy atom. The van der Waals surface area contributed by atoms with E-state index in [1.165, 1.54) is 7.05 Å². The first-order chi connectivity index (χ1) is 6.37. The van der Waals surface area contributed by atoms with Crippen molar-refractivity contribution in [1.29, 1.82) is 0 Å². The van der Waals surface area contributed by atoms with Crippen LogP contribution >= 0.6 is 23.2 Å². The summed E-state index contributed by atoms with van der Waals surface area (Å²) in [6, 6.07) is 0. The van der Waals surface area contributed by atoms with E-state index in [0.717, 1.165) is 4.57 Å². The SMILES string of the molecule is Cn1c(Cl)c(C(=O)O)c(C(=O)O)c1Cl. The topological polar surface area (TPSA) is 79.5 Å². The highest BCUT2D eigenvalue weighted by molar-refractivity contribution is 6.39. The Balaban J connectivity index is 3.62. The summed E-state index contributed by atoms with van der Waals surface area (Å²) in [4.78, 5) is 21.4. The summed E-state index contributed by atoms with van der Waals surface area (Å²) < 4.78 is 1.09. The van der Waals surface area contributed by atoms with Crippen LogP contribution in [0.4, 0.5) is 0 Å². The highest BCUT2D eigenvalue weighted by Crippen LogP contribution is 2.29. The zero-order valence-electron chi connectivity index (χ0n) is 6.91. The molecule has 0 aliphatic heterocycles. The van der Waals surface area contributed by atoms with Crippen molar-refractivity contribution >= 4 is 35.1 Å². The van der Waals surface area contributed by atoms with E-state index in [-0.39, 0.29) is 10.3 Å². The van der Waals surface area contributed by atoms with Crippen LogP contribution in [0.5, 0.6) is 0 Å². The Labute approximate surface area is 88.5 Å². The normalized spacial score (nSPS) is 10.2. The Morgan fingerprint density at radius 1 is 1.07 bits per heavy atom. The smallest absolute Gasteiger partial charge is 0.339 e. The average molecular weight is 238 g/mol. The van der Waals surface area contributed by atoms with E-state index < -0.39 is 23.1 Å². The molecule has 1 aromatic rings. The molecule has 0 atom stereocenters. The summed E-state index contributed by atoms with van der Waals surface area (Å²) in [5.41, 5.74) is -0.988. The van der Waals surface area contributed by atoms with Gasteiger partial charge < -0.3 is 14.8 Å². The number of halogens is 2. The van der Waals surface area contributed by atoms with Gasteiger partial charge >= 0.3 is 11.9 Å². The van der Waals surface area contributed by atoms with Crippen LogP contribution < -0.4 is 0 Å². The van der Waals surface area contributed by atoms with Gasteiger partial charge in [0, 0.05) is 7.05 Å². The first-order valence-corrected chi connectivity index (χ1v) is 4.13. The van der Waals surface area contributed by atoms with Gasteiger partial charge in [-0.05, 0) is 0 Å². The molecule has 0 spiro atoms. The van der Waals surface area contributed by atoms with Crippen LogP contribution in [0.3, 0.4) is 0 Å². The molecule has 0 saturated heterocycles. The Hall–Kier alpha value is -1.20. The van der Waals surface area contributed by atoms with Crippen molar-refractivity contribution in [2.75, 3.05) is 0 Å². The lowest BCUT2D eigenvalue weighted by atomic mass is 10.2. The fourth-order valence-corrected chi connectivity index (χ4v) is 1.58. The van der Waals surface area contributed by atoms with Crippen molar-refractivity contribution in [3.63, 3.8) is 0 Å². The largest absolute Gasteiger partial charge is 0.478 e. The van der Waals surface area contributed by atoms with Crippen molar-refractivity contribution in [3.8, 4) is 0 Å². The van der Waals surface area contributed by atoms with Gasteiger partial charge in [0.1, 0.15) is 21.4 Å². The molecule has 0 aliphatic carbocycles. The molecule has 0 radical (unpaired) electrons. The van der Waals surface area contributed by atoms with Gasteiger partial charge in [-0.2, -0.15) is 0 Å². The van der Waals surface area contributed by atoms with Crippen LogP contribution in [0.2, 0.25) is 10.3 Å². The molecule has 0 amide bonds. The number of aromatic carboxylic acids is 2. The number of carbonyl (C=O) groups is 2. The van der Waals surface area contributed by atoms with E-state index in [0.29, 0.717) is 0 Å². The van der Waals surface area contributed by atoms with E-state index in [9.17, 15) is 9.59 Å². The second-order valence-corrected chi connectivity index (χ2v) is 3.22. The quantitative estimate of drug-likeness (QED) is 0.822. The molecular weight excluding hydrogens is 233 g/mol. The van der Waals surface area contributed by atoms with Crippen molar-refractivity contribution in [1.82, 2.24) is 4.57 Å². The molecule has 76 valence electrons. The zero-order chi connectivity index (χ0) is 11.0. The van der Waals surface area contributed by atoms with Crippen molar-refractivity contribution in [2.24, 2.45) is 7.05 Å². The van der Waals surface area contributed by atoms with Crippen molar-refractivity contribution < 1.29 is 19.8 Å². The molecule has 1 rings (SSSR count). The number of nitrogens with zero attached hydrogens (tertiary/aromatic N) is 1. The monoisotopic (exact) mass is 237 g/mol. The van der Waals surface area contributed by atoms with Gasteiger partial charge in [-0.15, -0.1) is 0 Å². The van der Waals surface area contributed by atoms with E-state index in [4.69, 9.17) is 33.4 Å². The van der Waals surface area contributed by atoms with Gasteiger partial charge in [-0.25, -0.2) is 9.59 Å². The summed E-state index contributed by atoms with van der Waals surface area (Å²) >= 11 is 11.2. The van der Waals surface area contributed by atoms with Gasteiger partial charge in [0.15, 0.2) is 0 Å². The number of rotatable bonds is 2. The maximum Gasteiger partial charge on any atom is 0.339 e. The second-order valence-electron chi connectivity index (χ2n) is 2.50. The molecule has 0 aliphatic rings. The summed E-state index contributed by atoms with van der Waals surface area (Å²) in [6.07, 6.45) is 0. The summed E-state index contributed by atoms with van der Waals surface area (Å²) in [6.45, 7) is 0. The molecule has 0 unspecified atom stereocenters. The maximum absolute atomic E-state index is 10.7. The van der Waals surface area contributed by atoms with E-state index in [1.54, 1.807) is 0 Å². The molecule has 0 aromatic carbocycles. The maximum atomic E-state index is 10.7. The third-order valence-electron chi connectivity index (χ3n) is 1.68. The highest BCUT2D eigenvalue weighted by atomic mass is 35.5. The van der Waals surface area contributed by atoms with Gasteiger partial charge in [-0.3, -0.25) is 0 Å². The first kappa shape index (κ1) is 10.9. The summed E-state index contributed by atoms with van der Waals surface area (Å²) in [7, 11) is 1.38. The van der Waals surface area contributed by atoms with Crippen LogP contribution in [0.1, 0.15) is 20.7 Å². The minimum atomic E-state index is -1.42. The lowest BCUT2D eigenvalue weighted by molar-refractivity contribution is 0.0653. The number of carboxylic acids is 2. The minimum Gasteiger partial charge on any atom is -0.478 e. The van der Waals surface area contributed by atoms with E-state index in [1.807, 2.05) is 0 Å². The third-order valence-corrected chi connectivity index (χ3v) is 2.56. The molecule has 5 nitrogen and oxygen atoms in total. The highest BCUT2D eigenvalue weighted by Gasteiger charge is 2.28. The van der Waals surface area contributed by atoms with E-state index >= 15 is 0 Å². The lowest BCUT2D eigenvalue weighted by Gasteiger charge is -1.94. The molecule has 1 aromatic heterocycles. The predicted molar refractivity (Wildman–Crippen MR) is 49.4 cm³/mol. The van der Waals surface area contributed by atoms with Crippen molar-refractivity contribution in [2.45, 2.75) is 0 Å². The predicted octanol–water partition coefficient (Wildman–Crippen LogP) is 1.73. The van der Waals surface area contributed by atoms with Crippen LogP contribution in [0.25, 0.3) is 0 Å². The average Bonchev–Trinajstić information content (AvgIpc) is 2.29. The molecule has 0 bridgehead atoms. The van der Waals surface area contributed by atoms with E-state index in [2.05, 4.69) is 0 Å². The zero-order valence-corrected chi connectivity index (χ0v) is 8.43. The molecule has 7 heteroatoms. The Kier molecular flexibility index (Phi) is 2.73. The number of hydrogen-bond donors (Lipinski definition) is 2. The second kappa shape index (κ2) is 3.51. The minimum absolute atomic E-state index is 0.208. The standard InChI is InChI=1S/C7H5Cl2NO4/c1-10-4(8)2(6(11)12)3(5(10)9)7(13)14/h1H3,(H,11,12)(H,13,14). The number of carboxylic acid groups (broad SMARTS) is 2. The first-order valence-electron chi connectivity index (χ1n) is 3.38. The van der Waals surface area contributed by atoms with Gasteiger partial charge in [-0.1, -0.05) is 23.2 Å². The molecule has 14 heavy (non-hydrogen) atoms. The van der Waals surface area contributed by atoms with Crippen molar-refractivity contribution in [3.05, 3.63) is 21.4 Å². The Morgan fingerprint density at radius 3 is 1.57 bits per heavy atom. The van der Waals surface area contributed by atoms with Crippen LogP contribution in [0, 0.1) is 0 Å². The fraction of sp³-hybridized carbons (Fsp3) is 0.143. The van der Waals surface area contributed by atoms with Crippen LogP contribution in [-0.4, -0.2) is 26.7 Å². The molecule has 0 fully saturated rings. The lowest BCUT2D eigenvalue weighted by Crippen LogP contribution is -2.05. The fourth-order valence-electron chi connectivity index (χ4n) is 1.02. The van der Waals surface area contributed by atoms with Gasteiger partial charge in [0.2, 0.25) is 0 Å². The van der Waals surface area contributed by atoms with Gasteiger partial charge in [0.25, 0.3) is 0 Å². The number of aromatic nitrogens is 1. The van der Waals surface area contributed by atoms with Crippen LogP contribution in [-0.2, 0) is 7.05 Å².